The topological polar surface area (TPSA) is 71.2 Å². The van der Waals surface area contributed by atoms with Crippen molar-refractivity contribution in [3.8, 4) is 0 Å². The number of rotatable bonds is 3. The lowest BCUT2D eigenvalue weighted by Gasteiger charge is -2.31. The van der Waals surface area contributed by atoms with Gasteiger partial charge in [0.05, 0.1) is 0 Å². The summed E-state index contributed by atoms with van der Waals surface area (Å²) in [6.07, 6.45) is 3.42. The standard InChI is InChI=1S/C13H18N4OS/c1-15-13(18)9-4-6-17(7-5-9)11-3-2-10(8-16-11)12(14)19/h2-3,8-9H,4-7H2,1H3,(H2,14,19)(H,15,18). The third kappa shape index (κ3) is 3.20. The predicted molar refractivity (Wildman–Crippen MR) is 79.1 cm³/mol. The minimum atomic E-state index is 0.122. The van der Waals surface area contributed by atoms with Crippen LogP contribution in [0.3, 0.4) is 0 Å². The fourth-order valence-electron chi connectivity index (χ4n) is 2.29. The minimum Gasteiger partial charge on any atom is -0.389 e. The number of piperidine rings is 1. The van der Waals surface area contributed by atoms with Crippen molar-refractivity contribution in [3.05, 3.63) is 23.9 Å². The molecule has 0 atom stereocenters. The fraction of sp³-hybridized carbons (Fsp3) is 0.462. The normalized spacial score (nSPS) is 16.2. The number of carbonyl (C=O) groups excluding carboxylic acids is 1. The summed E-state index contributed by atoms with van der Waals surface area (Å²) in [7, 11) is 1.69. The molecule has 0 unspecified atom stereocenters. The third-order valence-corrected chi connectivity index (χ3v) is 3.70. The van der Waals surface area contributed by atoms with Crippen LogP contribution in [0.25, 0.3) is 0 Å². The van der Waals surface area contributed by atoms with E-state index in [1.165, 1.54) is 0 Å². The number of anilines is 1. The molecule has 0 aliphatic carbocycles. The van der Waals surface area contributed by atoms with E-state index in [4.69, 9.17) is 18.0 Å². The lowest BCUT2D eigenvalue weighted by atomic mass is 9.96. The van der Waals surface area contributed by atoms with Gasteiger partial charge in [-0.2, -0.15) is 0 Å². The molecule has 2 rings (SSSR count). The first-order valence-electron chi connectivity index (χ1n) is 6.34. The molecule has 3 N–H and O–H groups in total. The summed E-state index contributed by atoms with van der Waals surface area (Å²) in [6.45, 7) is 1.69. The summed E-state index contributed by atoms with van der Waals surface area (Å²) >= 11 is 4.90. The zero-order valence-corrected chi connectivity index (χ0v) is 11.7. The van der Waals surface area contributed by atoms with Gasteiger partial charge >= 0.3 is 0 Å². The molecule has 1 aliphatic heterocycles. The largest absolute Gasteiger partial charge is 0.389 e. The van der Waals surface area contributed by atoms with Crippen LogP contribution < -0.4 is 16.0 Å². The first-order chi connectivity index (χ1) is 9.11. The first kappa shape index (κ1) is 13.7. The number of aromatic nitrogens is 1. The molecule has 0 spiro atoms. The molecule has 1 fully saturated rings. The second-order valence-corrected chi connectivity index (χ2v) is 5.08. The number of amides is 1. The molecule has 6 heteroatoms. The molecule has 1 amide bonds. The summed E-state index contributed by atoms with van der Waals surface area (Å²) in [5, 5.41) is 2.71. The van der Waals surface area contributed by atoms with Crippen LogP contribution in [-0.4, -0.2) is 36.0 Å². The summed E-state index contributed by atoms with van der Waals surface area (Å²) in [5.41, 5.74) is 6.32. The first-order valence-corrected chi connectivity index (χ1v) is 6.75. The van der Waals surface area contributed by atoms with Gasteiger partial charge in [-0.3, -0.25) is 4.79 Å². The molecule has 2 heterocycles. The van der Waals surface area contributed by atoms with Crippen molar-refractivity contribution in [3.63, 3.8) is 0 Å². The maximum atomic E-state index is 11.6. The van der Waals surface area contributed by atoms with Crippen LogP contribution in [0, 0.1) is 5.92 Å². The molecule has 19 heavy (non-hydrogen) atoms. The lowest BCUT2D eigenvalue weighted by molar-refractivity contribution is -0.125. The number of hydrogen-bond donors (Lipinski definition) is 2. The summed E-state index contributed by atoms with van der Waals surface area (Å²) < 4.78 is 0. The summed E-state index contributed by atoms with van der Waals surface area (Å²) in [5.74, 6) is 1.17. The maximum Gasteiger partial charge on any atom is 0.222 e. The summed E-state index contributed by atoms with van der Waals surface area (Å²) in [4.78, 5) is 18.5. The van der Waals surface area contributed by atoms with E-state index in [1.807, 2.05) is 12.1 Å². The number of pyridine rings is 1. The van der Waals surface area contributed by atoms with Gasteiger partial charge in [0.2, 0.25) is 5.91 Å². The number of hydrogen-bond acceptors (Lipinski definition) is 4. The van der Waals surface area contributed by atoms with Crippen LogP contribution >= 0.6 is 12.2 Å². The van der Waals surface area contributed by atoms with Crippen LogP contribution in [-0.2, 0) is 4.79 Å². The van der Waals surface area contributed by atoms with E-state index in [2.05, 4.69) is 15.2 Å². The number of carbonyl (C=O) groups is 1. The number of nitrogens with zero attached hydrogens (tertiary/aromatic N) is 2. The van der Waals surface area contributed by atoms with E-state index in [0.29, 0.717) is 4.99 Å². The fourth-order valence-corrected chi connectivity index (χ4v) is 2.41. The van der Waals surface area contributed by atoms with Gasteiger partial charge in [0.25, 0.3) is 0 Å². The van der Waals surface area contributed by atoms with Crippen molar-refractivity contribution in [2.24, 2.45) is 11.7 Å². The zero-order chi connectivity index (χ0) is 13.8. The SMILES string of the molecule is CNC(=O)C1CCN(c2ccc(C(N)=S)cn2)CC1. The van der Waals surface area contributed by atoms with Crippen molar-refractivity contribution in [2.75, 3.05) is 25.0 Å². The molecule has 102 valence electrons. The van der Waals surface area contributed by atoms with Gasteiger partial charge in [-0.15, -0.1) is 0 Å². The average molecular weight is 278 g/mol. The second-order valence-electron chi connectivity index (χ2n) is 4.64. The van der Waals surface area contributed by atoms with Gasteiger partial charge in [0.1, 0.15) is 10.8 Å². The average Bonchev–Trinajstić information content (AvgIpc) is 2.46. The molecule has 1 aromatic heterocycles. The van der Waals surface area contributed by atoms with E-state index in [0.717, 1.165) is 37.3 Å². The third-order valence-electron chi connectivity index (χ3n) is 3.47. The molecule has 5 nitrogen and oxygen atoms in total. The van der Waals surface area contributed by atoms with Gasteiger partial charge in [-0.1, -0.05) is 12.2 Å². The van der Waals surface area contributed by atoms with E-state index >= 15 is 0 Å². The smallest absolute Gasteiger partial charge is 0.222 e. The molecule has 0 saturated carbocycles. The van der Waals surface area contributed by atoms with Gasteiger partial charge in [-0.25, -0.2) is 4.98 Å². The number of nitrogens with one attached hydrogen (secondary N) is 1. The van der Waals surface area contributed by atoms with Crippen LogP contribution in [0.5, 0.6) is 0 Å². The van der Waals surface area contributed by atoms with Crippen LogP contribution in [0.1, 0.15) is 18.4 Å². The molecular formula is C13H18N4OS. The Kier molecular flexibility index (Phi) is 4.31. The molecule has 1 saturated heterocycles. The van der Waals surface area contributed by atoms with Crippen molar-refractivity contribution in [1.82, 2.24) is 10.3 Å². The Balaban J connectivity index is 1.97. The zero-order valence-electron chi connectivity index (χ0n) is 10.9. The lowest BCUT2D eigenvalue weighted by Crippen LogP contribution is -2.39. The van der Waals surface area contributed by atoms with Crippen molar-refractivity contribution in [2.45, 2.75) is 12.8 Å². The van der Waals surface area contributed by atoms with Gasteiger partial charge in [0.15, 0.2) is 0 Å². The molecule has 1 aromatic rings. The molecule has 0 aromatic carbocycles. The maximum absolute atomic E-state index is 11.6. The van der Waals surface area contributed by atoms with Crippen molar-refractivity contribution >= 4 is 28.9 Å². The van der Waals surface area contributed by atoms with Gasteiger partial charge in [0, 0.05) is 37.8 Å². The number of nitrogens with two attached hydrogens (primary N) is 1. The predicted octanol–water partition coefficient (Wildman–Crippen LogP) is 0.678. The molecule has 1 aliphatic rings. The Morgan fingerprint density at radius 1 is 1.47 bits per heavy atom. The summed E-state index contributed by atoms with van der Waals surface area (Å²) in [6, 6.07) is 3.81. The Morgan fingerprint density at radius 2 is 2.16 bits per heavy atom. The van der Waals surface area contributed by atoms with Gasteiger partial charge in [-0.05, 0) is 25.0 Å². The Bertz CT molecular complexity index is 466. The highest BCUT2D eigenvalue weighted by atomic mass is 32.1. The van der Waals surface area contributed by atoms with Crippen molar-refractivity contribution < 1.29 is 4.79 Å². The van der Waals surface area contributed by atoms with E-state index in [9.17, 15) is 4.79 Å². The minimum absolute atomic E-state index is 0.122. The Morgan fingerprint density at radius 3 is 2.63 bits per heavy atom. The second kappa shape index (κ2) is 5.97. The van der Waals surface area contributed by atoms with Crippen LogP contribution in [0.2, 0.25) is 0 Å². The monoisotopic (exact) mass is 278 g/mol. The molecule has 0 radical (unpaired) electrons. The van der Waals surface area contributed by atoms with Gasteiger partial charge < -0.3 is 16.0 Å². The highest BCUT2D eigenvalue weighted by Crippen LogP contribution is 2.21. The molecular weight excluding hydrogens is 260 g/mol. The van der Waals surface area contributed by atoms with E-state index in [1.54, 1.807) is 13.2 Å². The highest BCUT2D eigenvalue weighted by molar-refractivity contribution is 7.80. The van der Waals surface area contributed by atoms with Crippen molar-refractivity contribution in [1.29, 1.82) is 0 Å². The van der Waals surface area contributed by atoms with E-state index < -0.39 is 0 Å². The van der Waals surface area contributed by atoms with Crippen LogP contribution in [0.15, 0.2) is 18.3 Å². The molecule has 0 bridgehead atoms. The Labute approximate surface area is 118 Å². The number of thiocarbonyl (C=S) groups is 1. The Hall–Kier alpha value is -1.69. The van der Waals surface area contributed by atoms with Crippen LogP contribution in [0.4, 0.5) is 5.82 Å². The quantitative estimate of drug-likeness (QED) is 0.796. The van der Waals surface area contributed by atoms with E-state index in [-0.39, 0.29) is 11.8 Å². The highest BCUT2D eigenvalue weighted by Gasteiger charge is 2.24.